The van der Waals surface area contributed by atoms with E-state index in [1.54, 1.807) is 0 Å². The van der Waals surface area contributed by atoms with E-state index >= 15 is 0 Å². The summed E-state index contributed by atoms with van der Waals surface area (Å²) in [5.74, 6) is 0. The highest BCUT2D eigenvalue weighted by molar-refractivity contribution is 5.78. The van der Waals surface area contributed by atoms with Crippen molar-refractivity contribution in [2.45, 2.75) is 0 Å². The van der Waals surface area contributed by atoms with E-state index in [0.717, 1.165) is 0 Å². The van der Waals surface area contributed by atoms with Crippen molar-refractivity contribution in [3.05, 3.63) is 0 Å². The first-order valence-electron chi connectivity index (χ1n) is 0. The predicted octanol–water partition coefficient (Wildman–Crippen LogP) is -56.8. The molecule has 0 spiro atoms. The zero-order valence-electron chi connectivity index (χ0n) is 16.5. The van der Waals surface area contributed by atoms with Crippen molar-refractivity contribution < 1.29 is 181 Å². The van der Waals surface area contributed by atoms with Crippen LogP contribution >= 0.6 is 0 Å². The van der Waals surface area contributed by atoms with Crippen LogP contribution in [0.15, 0.2) is 0 Å². The van der Waals surface area contributed by atoms with Crippen LogP contribution in [0.25, 0.3) is 0 Å². The minimum Gasteiger partial charge on any atom is -0.412 e. The fourth-order valence-corrected chi connectivity index (χ4v) is 0. The van der Waals surface area contributed by atoms with Gasteiger partial charge in [-0.1, -0.05) is 0 Å². The largest absolute Gasteiger partial charge is 0.412 e. The van der Waals surface area contributed by atoms with Crippen LogP contribution in [0.4, 0.5) is 0 Å². The Morgan fingerprint density at radius 2 is 0.0345 bits per heavy atom. The molecule has 0 heterocycles. The molecule has 0 aromatic rings. The van der Waals surface area contributed by atoms with Gasteiger partial charge in [-0.05, 0) is 0 Å². The topological polar surface area (TPSA) is 1040 Å². The Bertz CT molecular complexity index is 57.2. The maximum Gasteiger partial charge on any atom is 0.187 e. The molecule has 0 unspecified atom stereocenters. The lowest BCUT2D eigenvalue weighted by atomic mass is 16.0. The average molecular weight is 1340 g/mol. The zero-order valence-corrected chi connectivity index (χ0v) is 16.5. The summed E-state index contributed by atoms with van der Waals surface area (Å²) in [6.07, 6.45) is 0. The molecule has 0 fully saturated rings. The molecule has 0 saturated heterocycles. The van der Waals surface area contributed by atoms with Crippen LogP contribution in [-0.2, 0) is 0 Å². The second kappa shape index (κ2) is 2220. The first kappa shape index (κ1) is 2320. The highest BCUT2D eigenvalue weighted by Crippen LogP contribution is -0.250. The summed E-state index contributed by atoms with van der Waals surface area (Å²) in [6, 6.07) is 0. The molecule has 58 heteroatoms. The van der Waals surface area contributed by atoms with Crippen LogP contribution in [0.5, 0.6) is 0 Å². The van der Waals surface area contributed by atoms with E-state index in [0.29, 0.717) is 0 Å². The van der Waals surface area contributed by atoms with Crippen molar-refractivity contribution in [2.24, 2.45) is 0 Å². The summed E-state index contributed by atoms with van der Waals surface area (Å²) in [5, 5.41) is 0. The fourth-order valence-electron chi connectivity index (χ4n) is 0. The van der Waals surface area contributed by atoms with Gasteiger partial charge in [0.2, 0.25) is 0 Å². The second-order valence-corrected chi connectivity index (χ2v) is 0. The molecule has 414 valence electrons. The molecule has 58 heavy (non-hydrogen) atoms. The Labute approximate surface area is 604 Å². The van der Waals surface area contributed by atoms with Gasteiger partial charge in [-0.3, -0.25) is 0 Å². The molecule has 0 aromatic heterocycles. The SMILES string of the molecule is O.O.O.O.O.O.O.O.O.O.O.O.O.O.O.O.O.O.O.O.O.O.O.O.O.O.O.O.O.O.O.O.O.[AlH3].[AlH3].[AlH3].[AlH3].[AlH3].[AlH3].[AlH3].[AlH3].[AlH3].[AlH3].[AlH3].[AlH3].[AlH3].[AlH3].[AlH3].[AlH3].[AlH3].[AlH3].[AlH3].[AlH3].[AlH3].[AlH3].[AlH3].[AlH3].[AlH3]. The maximum absolute atomic E-state index is 0. The highest BCUT2D eigenvalue weighted by atomic mass is 27.0. The van der Waals surface area contributed by atoms with Crippen LogP contribution in [0.3, 0.4) is 0 Å². The average Bonchev–Trinajstić information content (AvgIpc) is 0. The van der Waals surface area contributed by atoms with Crippen molar-refractivity contribution in [3.63, 3.8) is 0 Å². The molecule has 0 aliphatic rings. The van der Waals surface area contributed by atoms with E-state index in [1.165, 1.54) is 0 Å². The van der Waals surface area contributed by atoms with Crippen molar-refractivity contribution in [1.82, 2.24) is 0 Å². The minimum atomic E-state index is 0. The van der Waals surface area contributed by atoms with Crippen molar-refractivity contribution >= 4 is 434 Å². The third-order valence-electron chi connectivity index (χ3n) is 0. The summed E-state index contributed by atoms with van der Waals surface area (Å²) in [4.78, 5) is 0. The summed E-state index contributed by atoms with van der Waals surface area (Å²) in [5.41, 5.74) is 0. The van der Waals surface area contributed by atoms with E-state index < -0.39 is 0 Å². The molecule has 0 bridgehead atoms. The van der Waals surface area contributed by atoms with Crippen molar-refractivity contribution in [2.75, 3.05) is 0 Å². The molecule has 0 radical (unpaired) electrons. The Kier molecular flexibility index (Phi) is 88600. The quantitative estimate of drug-likeness (QED) is 0.204. The molecule has 0 atom stereocenters. The van der Waals surface area contributed by atoms with Gasteiger partial charge in [0.15, 0.2) is 434 Å². The van der Waals surface area contributed by atoms with E-state index in [1.807, 2.05) is 0 Å². The van der Waals surface area contributed by atoms with Crippen LogP contribution in [0, 0.1) is 0 Å². The second-order valence-electron chi connectivity index (χ2n) is 0. The monoisotopic (exact) mass is 1340 g/mol. The Hall–Kier alpha value is 12.0. The summed E-state index contributed by atoms with van der Waals surface area (Å²) >= 11 is 0. The molecule has 0 amide bonds. The molecular weight excluding hydrogens is 1200 g/mol. The Morgan fingerprint density at radius 3 is 0.0345 bits per heavy atom. The van der Waals surface area contributed by atoms with E-state index in [-0.39, 0.29) is 615 Å². The summed E-state index contributed by atoms with van der Waals surface area (Å²) < 4.78 is 0. The van der Waals surface area contributed by atoms with Gasteiger partial charge in [0.05, 0.1) is 0 Å². The highest BCUT2D eigenvalue weighted by Gasteiger charge is 0.212. The molecule has 0 saturated carbocycles. The first-order valence-corrected chi connectivity index (χ1v) is 0. The lowest BCUT2D eigenvalue weighted by molar-refractivity contribution is 0.823. The van der Waals surface area contributed by atoms with Crippen LogP contribution < -0.4 is 0 Å². The molecule has 0 rings (SSSR count). The van der Waals surface area contributed by atoms with Gasteiger partial charge in [-0.25, -0.2) is 0 Å². The van der Waals surface area contributed by atoms with Crippen LogP contribution in [0.1, 0.15) is 0 Å². The Morgan fingerprint density at radius 1 is 0.0345 bits per heavy atom. The Balaban J connectivity index is 0. The molecule has 33 nitrogen and oxygen atoms in total. The minimum absolute atomic E-state index is 0. The maximum atomic E-state index is 0. The number of hydrogen-bond acceptors (Lipinski definition) is 0. The van der Waals surface area contributed by atoms with E-state index in [2.05, 4.69) is 0 Å². The molecular formula is H141Al25O33. The van der Waals surface area contributed by atoms with Gasteiger partial charge >= 0.3 is 0 Å². The number of hydrogen-bond donors (Lipinski definition) is 0. The van der Waals surface area contributed by atoms with E-state index in [9.17, 15) is 0 Å². The van der Waals surface area contributed by atoms with E-state index in [4.69, 9.17) is 0 Å². The van der Waals surface area contributed by atoms with Gasteiger partial charge in [-0.2, -0.15) is 0 Å². The normalized spacial score (nSPS) is 0. The third-order valence-corrected chi connectivity index (χ3v) is 0. The summed E-state index contributed by atoms with van der Waals surface area (Å²) in [6.45, 7) is 0. The lowest BCUT2D eigenvalue weighted by Crippen LogP contribution is -0.382. The van der Waals surface area contributed by atoms with Crippen molar-refractivity contribution in [3.8, 4) is 0 Å². The summed E-state index contributed by atoms with van der Waals surface area (Å²) in [7, 11) is 0. The smallest absolute Gasteiger partial charge is 0.187 e. The van der Waals surface area contributed by atoms with Gasteiger partial charge in [-0.15, -0.1) is 0 Å². The van der Waals surface area contributed by atoms with Gasteiger partial charge < -0.3 is 181 Å². The lowest BCUT2D eigenvalue weighted by Gasteiger charge is -0.413. The van der Waals surface area contributed by atoms with Gasteiger partial charge in [0, 0.05) is 0 Å². The molecule has 0 aromatic carbocycles. The standard InChI is InChI=1S/25Al.33H2O.75H/h;;;;;;;;;;;;;;;;;;;;;;;;;33*1H2;;;;;;;;;;;;;;;;;;;;;;;;;;;;;;;;;;;;;;;;;;;;;;;;;;;;;;;;;;;;;;;;;;;;;;;;;;;. The fraction of sp³-hybridized carbons (Fsp3) is 0. The predicted molar refractivity (Wildman–Crippen MR) is 368 cm³/mol. The van der Waals surface area contributed by atoms with Gasteiger partial charge in [0.25, 0.3) is 0 Å². The molecule has 66 N–H and O–H groups in total. The first-order chi connectivity index (χ1) is 0. The zero-order chi connectivity index (χ0) is 0. The number of rotatable bonds is 0. The third kappa shape index (κ3) is 2120. The molecule has 0 aliphatic heterocycles. The van der Waals surface area contributed by atoms with Crippen molar-refractivity contribution in [1.29, 1.82) is 0 Å². The van der Waals surface area contributed by atoms with Crippen LogP contribution in [-0.4, -0.2) is 615 Å². The van der Waals surface area contributed by atoms with Crippen LogP contribution in [0.2, 0.25) is 0 Å². The molecule has 0 aliphatic carbocycles. The van der Waals surface area contributed by atoms with Gasteiger partial charge in [0.1, 0.15) is 0 Å².